The summed E-state index contributed by atoms with van der Waals surface area (Å²) in [6, 6.07) is 4.27. The van der Waals surface area contributed by atoms with E-state index in [1.807, 2.05) is 17.6 Å². The van der Waals surface area contributed by atoms with E-state index in [0.29, 0.717) is 47.3 Å². The summed E-state index contributed by atoms with van der Waals surface area (Å²) in [5, 5.41) is 19.1. The highest BCUT2D eigenvalue weighted by molar-refractivity contribution is 7.20. The highest BCUT2D eigenvalue weighted by Gasteiger charge is 2.36. The first-order chi connectivity index (χ1) is 18.2. The maximum atomic E-state index is 16.3. The van der Waals surface area contributed by atoms with Crippen molar-refractivity contribution in [1.29, 1.82) is 0 Å². The number of aryl methyl sites for hydroxylation is 2. The summed E-state index contributed by atoms with van der Waals surface area (Å²) in [6.45, 7) is 6.05. The van der Waals surface area contributed by atoms with Crippen LogP contribution in [0.5, 0.6) is 0 Å². The minimum Gasteiger partial charge on any atom is -0.385 e. The quantitative estimate of drug-likeness (QED) is 0.328. The van der Waals surface area contributed by atoms with E-state index >= 15 is 8.78 Å². The van der Waals surface area contributed by atoms with Crippen LogP contribution in [0.15, 0.2) is 30.6 Å². The number of fused-ring (bicyclic) bond motifs is 3. The number of hydrogen-bond acceptors (Lipinski definition) is 7. The summed E-state index contributed by atoms with van der Waals surface area (Å²) < 4.78 is 41.5. The van der Waals surface area contributed by atoms with E-state index < -0.39 is 23.3 Å². The van der Waals surface area contributed by atoms with Gasteiger partial charge in [-0.2, -0.15) is 0 Å². The van der Waals surface area contributed by atoms with Gasteiger partial charge >= 0.3 is 0 Å². The van der Waals surface area contributed by atoms with Gasteiger partial charge in [0.2, 0.25) is 0 Å². The molecule has 11 heteroatoms. The molecular formula is C27H28F2N6O2S. The van der Waals surface area contributed by atoms with Gasteiger partial charge in [0.05, 0.1) is 49.3 Å². The van der Waals surface area contributed by atoms with Crippen molar-refractivity contribution in [3.8, 4) is 11.3 Å². The van der Waals surface area contributed by atoms with Crippen LogP contribution in [0.2, 0.25) is 0 Å². The number of ether oxygens (including phenoxy) is 1. The SMILES string of the molecule is Cc1nnn(C)c1-c1cnc2c3sc(C(C)(C)O)c(F)c3n(C(c3ncccc3F)C3CCOCC3)c2c1. The van der Waals surface area contributed by atoms with Gasteiger partial charge in [-0.25, -0.2) is 13.5 Å². The minimum atomic E-state index is -1.40. The Morgan fingerprint density at radius 2 is 1.97 bits per heavy atom. The number of hydrogen-bond donors (Lipinski definition) is 1. The molecule has 8 nitrogen and oxygen atoms in total. The van der Waals surface area contributed by atoms with Crippen molar-refractivity contribution >= 4 is 32.6 Å². The van der Waals surface area contributed by atoms with E-state index in [4.69, 9.17) is 9.72 Å². The van der Waals surface area contributed by atoms with Gasteiger partial charge in [-0.3, -0.25) is 9.97 Å². The molecular weight excluding hydrogens is 510 g/mol. The fraction of sp³-hybridized carbons (Fsp3) is 0.407. The Bertz CT molecular complexity index is 1640. The number of nitrogens with zero attached hydrogens (tertiary/aromatic N) is 6. The first kappa shape index (κ1) is 25.0. The summed E-state index contributed by atoms with van der Waals surface area (Å²) in [5.41, 5.74) is 2.69. The van der Waals surface area contributed by atoms with Gasteiger partial charge in [0.15, 0.2) is 5.82 Å². The lowest BCUT2D eigenvalue weighted by Crippen LogP contribution is -2.28. The number of thiophene rings is 1. The predicted molar refractivity (Wildman–Crippen MR) is 141 cm³/mol. The standard InChI is InChI=1S/C27H28F2N6O2S/c1-14-22(34(4)33-32-14)16-12-18-21(31-13-16)25-24(19(29)26(38-25)27(2,3)36)35(18)23(15-7-10-37-11-8-15)20-17(28)6-5-9-30-20/h5-6,9,12-13,15,23,36H,7-8,10-11H2,1-4H3. The molecule has 1 unspecified atom stereocenters. The molecule has 0 saturated carbocycles. The molecule has 0 bridgehead atoms. The molecule has 1 saturated heterocycles. The van der Waals surface area contributed by atoms with E-state index in [2.05, 4.69) is 15.3 Å². The van der Waals surface area contributed by atoms with Gasteiger partial charge in [0.25, 0.3) is 0 Å². The smallest absolute Gasteiger partial charge is 0.164 e. The third kappa shape index (κ3) is 3.91. The number of aliphatic hydroxyl groups is 1. The highest BCUT2D eigenvalue weighted by atomic mass is 32.1. The number of aromatic nitrogens is 6. The Labute approximate surface area is 221 Å². The lowest BCUT2D eigenvalue weighted by Gasteiger charge is -2.32. The second kappa shape index (κ2) is 9.18. The molecule has 5 aromatic heterocycles. The third-order valence-electron chi connectivity index (χ3n) is 7.29. The predicted octanol–water partition coefficient (Wildman–Crippen LogP) is 5.27. The van der Waals surface area contributed by atoms with Crippen molar-refractivity contribution < 1.29 is 18.6 Å². The van der Waals surface area contributed by atoms with Crippen molar-refractivity contribution in [2.24, 2.45) is 13.0 Å². The fourth-order valence-corrected chi connectivity index (χ4v) is 6.76. The van der Waals surface area contributed by atoms with Crippen LogP contribution < -0.4 is 0 Å². The van der Waals surface area contributed by atoms with E-state index in [0.717, 1.165) is 17.0 Å². The molecule has 1 aliphatic heterocycles. The second-order valence-electron chi connectivity index (χ2n) is 10.4. The maximum absolute atomic E-state index is 16.3. The molecule has 0 spiro atoms. The molecule has 0 aromatic carbocycles. The van der Waals surface area contributed by atoms with Gasteiger partial charge in [-0.05, 0) is 57.7 Å². The van der Waals surface area contributed by atoms with Crippen LogP contribution >= 0.6 is 11.3 Å². The Hall–Kier alpha value is -3.28. The lowest BCUT2D eigenvalue weighted by atomic mass is 9.88. The van der Waals surface area contributed by atoms with E-state index in [1.54, 1.807) is 44.0 Å². The van der Waals surface area contributed by atoms with Crippen LogP contribution in [0.4, 0.5) is 8.78 Å². The summed E-state index contributed by atoms with van der Waals surface area (Å²) in [7, 11) is 1.81. The van der Waals surface area contributed by atoms with Gasteiger partial charge in [-0.1, -0.05) is 5.21 Å². The topological polar surface area (TPSA) is 90.9 Å². The van der Waals surface area contributed by atoms with Gasteiger partial charge < -0.3 is 14.4 Å². The normalized spacial score (nSPS) is 16.1. The van der Waals surface area contributed by atoms with Crippen molar-refractivity contribution in [3.05, 3.63) is 58.5 Å². The molecule has 0 radical (unpaired) electrons. The second-order valence-corrected chi connectivity index (χ2v) is 11.4. The van der Waals surface area contributed by atoms with Crippen LogP contribution in [-0.2, 0) is 17.4 Å². The zero-order chi connectivity index (χ0) is 26.8. The molecule has 1 aliphatic rings. The molecule has 0 amide bonds. The molecule has 1 atom stereocenters. The average Bonchev–Trinajstić information content (AvgIpc) is 3.52. The molecule has 6 heterocycles. The molecule has 1 fully saturated rings. The van der Waals surface area contributed by atoms with Crippen molar-refractivity contribution in [1.82, 2.24) is 29.5 Å². The first-order valence-electron chi connectivity index (χ1n) is 12.6. The van der Waals surface area contributed by atoms with Crippen LogP contribution in [0.25, 0.3) is 32.5 Å². The molecule has 0 aliphatic carbocycles. The van der Waals surface area contributed by atoms with Gasteiger partial charge in [0.1, 0.15) is 11.3 Å². The van der Waals surface area contributed by atoms with Crippen LogP contribution in [0.1, 0.15) is 49.0 Å². The summed E-state index contributed by atoms with van der Waals surface area (Å²) in [4.78, 5) is 9.45. The van der Waals surface area contributed by atoms with E-state index in [9.17, 15) is 5.11 Å². The Balaban J connectivity index is 1.72. The van der Waals surface area contributed by atoms with E-state index in [-0.39, 0.29) is 16.5 Å². The Morgan fingerprint density at radius 3 is 2.63 bits per heavy atom. The third-order valence-corrected chi connectivity index (χ3v) is 8.77. The molecule has 38 heavy (non-hydrogen) atoms. The van der Waals surface area contributed by atoms with Crippen molar-refractivity contribution in [2.75, 3.05) is 13.2 Å². The summed E-state index contributed by atoms with van der Waals surface area (Å²) >= 11 is 1.18. The van der Waals surface area contributed by atoms with Gasteiger partial charge in [0, 0.05) is 38.2 Å². The van der Waals surface area contributed by atoms with Crippen LogP contribution in [-0.4, -0.2) is 47.8 Å². The van der Waals surface area contributed by atoms with Crippen LogP contribution in [0.3, 0.4) is 0 Å². The maximum Gasteiger partial charge on any atom is 0.164 e. The Morgan fingerprint density at radius 1 is 1.21 bits per heavy atom. The number of halogens is 2. The zero-order valence-electron chi connectivity index (χ0n) is 21.6. The van der Waals surface area contributed by atoms with Crippen molar-refractivity contribution in [3.63, 3.8) is 0 Å². The monoisotopic (exact) mass is 538 g/mol. The lowest BCUT2D eigenvalue weighted by molar-refractivity contribution is 0.0542. The molecule has 5 aromatic rings. The van der Waals surface area contributed by atoms with Crippen molar-refractivity contribution in [2.45, 2.75) is 45.3 Å². The number of pyridine rings is 2. The fourth-order valence-electron chi connectivity index (χ4n) is 5.58. The van der Waals surface area contributed by atoms with Crippen LogP contribution in [0, 0.1) is 24.5 Å². The Kier molecular flexibility index (Phi) is 6.04. The number of rotatable bonds is 5. The molecule has 1 N–H and O–H groups in total. The minimum absolute atomic E-state index is 0.0550. The largest absolute Gasteiger partial charge is 0.385 e. The summed E-state index contributed by atoms with van der Waals surface area (Å²) in [5.74, 6) is -1.03. The zero-order valence-corrected chi connectivity index (χ0v) is 22.4. The molecule has 6 rings (SSSR count). The highest BCUT2D eigenvalue weighted by Crippen LogP contribution is 2.46. The first-order valence-corrected chi connectivity index (χ1v) is 13.4. The average molecular weight is 539 g/mol. The molecule has 198 valence electrons. The summed E-state index contributed by atoms with van der Waals surface area (Å²) in [6.07, 6.45) is 4.63. The van der Waals surface area contributed by atoms with Gasteiger partial charge in [-0.15, -0.1) is 16.4 Å². The van der Waals surface area contributed by atoms with E-state index in [1.165, 1.54) is 17.4 Å².